The van der Waals surface area contributed by atoms with Crippen LogP contribution in [0.15, 0.2) is 112 Å². The lowest BCUT2D eigenvalue weighted by molar-refractivity contribution is -0.140. The van der Waals surface area contributed by atoms with Crippen molar-refractivity contribution in [2.45, 2.75) is 64.1 Å². The number of rotatable bonds is 13. The van der Waals surface area contributed by atoms with Gasteiger partial charge in [-0.1, -0.05) is 95.1 Å². The fourth-order valence-electron chi connectivity index (χ4n) is 4.94. The Kier molecular flexibility index (Phi) is 11.6. The number of amides is 2. The molecule has 0 heterocycles. The first-order chi connectivity index (χ1) is 21.5. The largest absolute Gasteiger partial charge is 0.352 e. The van der Waals surface area contributed by atoms with Gasteiger partial charge in [0.2, 0.25) is 11.8 Å². The van der Waals surface area contributed by atoms with Crippen molar-refractivity contribution >= 4 is 43.5 Å². The van der Waals surface area contributed by atoms with E-state index < -0.39 is 28.5 Å². The maximum Gasteiger partial charge on any atom is 0.264 e. The van der Waals surface area contributed by atoms with Gasteiger partial charge in [-0.3, -0.25) is 13.9 Å². The monoisotopic (exact) mass is 689 g/mol. The smallest absolute Gasteiger partial charge is 0.264 e. The van der Waals surface area contributed by atoms with Gasteiger partial charge < -0.3 is 10.2 Å². The number of halogens is 1. The van der Waals surface area contributed by atoms with Crippen LogP contribution in [0, 0.1) is 13.8 Å². The minimum atomic E-state index is -4.15. The molecule has 0 aromatic heterocycles. The number of hydrogen-bond acceptors (Lipinski definition) is 4. The minimum absolute atomic E-state index is 0.0737. The molecule has 4 rings (SSSR count). The van der Waals surface area contributed by atoms with E-state index in [4.69, 9.17) is 0 Å². The second kappa shape index (κ2) is 15.4. The van der Waals surface area contributed by atoms with E-state index in [1.165, 1.54) is 4.90 Å². The summed E-state index contributed by atoms with van der Waals surface area (Å²) in [5.41, 5.74) is 3.98. The van der Waals surface area contributed by atoms with Gasteiger partial charge in [-0.15, -0.1) is 0 Å². The predicted octanol–water partition coefficient (Wildman–Crippen LogP) is 6.82. The van der Waals surface area contributed by atoms with E-state index in [9.17, 15) is 18.0 Å². The normalized spacial score (nSPS) is 12.6. The third kappa shape index (κ3) is 8.83. The highest BCUT2D eigenvalue weighted by Gasteiger charge is 2.35. The van der Waals surface area contributed by atoms with Gasteiger partial charge in [-0.05, 0) is 80.3 Å². The van der Waals surface area contributed by atoms with Crippen molar-refractivity contribution in [2.75, 3.05) is 10.8 Å². The molecule has 2 amide bonds. The SMILES string of the molecule is CCC(C)NC(=O)C(Cc1ccccc1)N(Cc1ccccc1C)C(=O)CN(c1ccc(Br)cc1)S(=O)(=O)c1ccc(C)cc1. The summed E-state index contributed by atoms with van der Waals surface area (Å²) in [7, 11) is -4.15. The molecule has 0 bridgehead atoms. The molecule has 0 radical (unpaired) electrons. The number of nitrogens with zero attached hydrogens (tertiary/aromatic N) is 2. The van der Waals surface area contributed by atoms with Crippen LogP contribution in [0.2, 0.25) is 0 Å². The van der Waals surface area contributed by atoms with E-state index in [0.29, 0.717) is 5.69 Å². The third-order valence-electron chi connectivity index (χ3n) is 7.88. The van der Waals surface area contributed by atoms with Crippen LogP contribution >= 0.6 is 15.9 Å². The number of hydrogen-bond donors (Lipinski definition) is 1. The van der Waals surface area contributed by atoms with E-state index >= 15 is 0 Å². The van der Waals surface area contributed by atoms with Gasteiger partial charge in [0.1, 0.15) is 12.6 Å². The lowest BCUT2D eigenvalue weighted by atomic mass is 10.0. The highest BCUT2D eigenvalue weighted by atomic mass is 79.9. The fourth-order valence-corrected chi connectivity index (χ4v) is 6.62. The fraction of sp³-hybridized carbons (Fsp3) is 0.278. The van der Waals surface area contributed by atoms with Crippen LogP contribution in [-0.2, 0) is 32.6 Å². The van der Waals surface area contributed by atoms with Gasteiger partial charge in [0, 0.05) is 23.5 Å². The molecule has 0 aliphatic rings. The molecule has 9 heteroatoms. The van der Waals surface area contributed by atoms with Gasteiger partial charge in [-0.25, -0.2) is 8.42 Å². The van der Waals surface area contributed by atoms with Crippen LogP contribution in [-0.4, -0.2) is 43.8 Å². The molecule has 0 aliphatic heterocycles. The number of benzene rings is 4. The van der Waals surface area contributed by atoms with Gasteiger partial charge in [0.15, 0.2) is 0 Å². The second-order valence-corrected chi connectivity index (χ2v) is 14.1. The zero-order valence-corrected chi connectivity index (χ0v) is 28.5. The molecule has 2 unspecified atom stereocenters. The van der Waals surface area contributed by atoms with E-state index in [2.05, 4.69) is 21.2 Å². The maximum atomic E-state index is 14.6. The summed E-state index contributed by atoms with van der Waals surface area (Å²) in [6.07, 6.45) is 0.991. The standard InChI is InChI=1S/C36H40BrN3O4S/c1-5-28(4)38-36(42)34(23-29-12-7-6-8-13-29)39(24-30-14-10-9-11-27(30)3)35(41)25-40(32-19-17-31(37)18-20-32)45(43,44)33-21-15-26(2)16-22-33/h6-22,28,34H,5,23-25H2,1-4H3,(H,38,42). The lowest BCUT2D eigenvalue weighted by Gasteiger charge is -2.34. The number of carbonyl (C=O) groups is 2. The van der Waals surface area contributed by atoms with Crippen LogP contribution < -0.4 is 9.62 Å². The molecular weight excluding hydrogens is 650 g/mol. The van der Waals surface area contributed by atoms with Gasteiger partial charge in [0.05, 0.1) is 10.6 Å². The van der Waals surface area contributed by atoms with Gasteiger partial charge >= 0.3 is 0 Å². The summed E-state index contributed by atoms with van der Waals surface area (Å²) in [6.45, 7) is 7.39. The van der Waals surface area contributed by atoms with Crippen LogP contribution in [0.3, 0.4) is 0 Å². The number of anilines is 1. The molecule has 4 aromatic rings. The summed E-state index contributed by atoms with van der Waals surface area (Å²) in [5.74, 6) is -0.774. The maximum absolute atomic E-state index is 14.6. The number of nitrogens with one attached hydrogen (secondary N) is 1. The van der Waals surface area contributed by atoms with E-state index in [0.717, 1.165) is 37.5 Å². The Bertz CT molecular complexity index is 1690. The molecule has 2 atom stereocenters. The summed E-state index contributed by atoms with van der Waals surface area (Å²) in [6, 6.07) is 29.6. The molecule has 45 heavy (non-hydrogen) atoms. The Balaban J connectivity index is 1.81. The average Bonchev–Trinajstić information content (AvgIpc) is 3.03. The van der Waals surface area contributed by atoms with Crippen LogP contribution in [0.4, 0.5) is 5.69 Å². The lowest BCUT2D eigenvalue weighted by Crippen LogP contribution is -2.54. The van der Waals surface area contributed by atoms with E-state index in [1.54, 1.807) is 48.5 Å². The predicted molar refractivity (Wildman–Crippen MR) is 183 cm³/mol. The molecule has 0 fully saturated rings. The molecule has 0 saturated carbocycles. The number of sulfonamides is 1. The van der Waals surface area contributed by atoms with Gasteiger partial charge in [0.25, 0.3) is 10.0 Å². The Morgan fingerprint density at radius 3 is 2.09 bits per heavy atom. The zero-order chi connectivity index (χ0) is 32.6. The molecule has 0 spiro atoms. The Morgan fingerprint density at radius 2 is 1.47 bits per heavy atom. The van der Waals surface area contributed by atoms with E-state index in [-0.39, 0.29) is 29.8 Å². The van der Waals surface area contributed by atoms with Crippen molar-refractivity contribution < 1.29 is 18.0 Å². The van der Waals surface area contributed by atoms with Crippen molar-refractivity contribution in [3.05, 3.63) is 130 Å². The van der Waals surface area contributed by atoms with Crippen molar-refractivity contribution in [2.24, 2.45) is 0 Å². The third-order valence-corrected chi connectivity index (χ3v) is 10.2. The zero-order valence-electron chi connectivity index (χ0n) is 26.1. The van der Waals surface area contributed by atoms with E-state index in [1.807, 2.05) is 82.3 Å². The first kappa shape index (κ1) is 33.9. The highest BCUT2D eigenvalue weighted by molar-refractivity contribution is 9.10. The topological polar surface area (TPSA) is 86.8 Å². The molecule has 0 aliphatic carbocycles. The summed E-state index contributed by atoms with van der Waals surface area (Å²) < 4.78 is 30.2. The quantitative estimate of drug-likeness (QED) is 0.167. The first-order valence-electron chi connectivity index (χ1n) is 15.0. The highest BCUT2D eigenvalue weighted by Crippen LogP contribution is 2.27. The molecule has 1 N–H and O–H groups in total. The Hall–Kier alpha value is -3.95. The molecule has 7 nitrogen and oxygen atoms in total. The average molecular weight is 691 g/mol. The Morgan fingerprint density at radius 1 is 0.844 bits per heavy atom. The van der Waals surface area contributed by atoms with Crippen molar-refractivity contribution in [3.8, 4) is 0 Å². The molecule has 0 saturated heterocycles. The van der Waals surface area contributed by atoms with Crippen LogP contribution in [0.25, 0.3) is 0 Å². The van der Waals surface area contributed by atoms with Gasteiger partial charge in [-0.2, -0.15) is 0 Å². The molecular formula is C36H40BrN3O4S. The van der Waals surface area contributed by atoms with Crippen molar-refractivity contribution in [1.29, 1.82) is 0 Å². The van der Waals surface area contributed by atoms with Crippen molar-refractivity contribution in [3.63, 3.8) is 0 Å². The summed E-state index contributed by atoms with van der Waals surface area (Å²) >= 11 is 3.42. The summed E-state index contributed by atoms with van der Waals surface area (Å²) in [4.78, 5) is 30.1. The summed E-state index contributed by atoms with van der Waals surface area (Å²) in [5, 5.41) is 3.07. The van der Waals surface area contributed by atoms with Crippen LogP contribution in [0.1, 0.15) is 42.5 Å². The van der Waals surface area contributed by atoms with Crippen molar-refractivity contribution in [1.82, 2.24) is 10.2 Å². The number of carbonyl (C=O) groups excluding carboxylic acids is 2. The first-order valence-corrected chi connectivity index (χ1v) is 17.3. The Labute approximate surface area is 275 Å². The number of aryl methyl sites for hydroxylation is 2. The second-order valence-electron chi connectivity index (χ2n) is 11.3. The minimum Gasteiger partial charge on any atom is -0.352 e. The molecule has 4 aromatic carbocycles. The van der Waals surface area contributed by atoms with Crippen LogP contribution in [0.5, 0.6) is 0 Å². The molecule has 236 valence electrons.